The smallest absolute Gasteiger partial charge is 0.407 e. The van der Waals surface area contributed by atoms with Crippen molar-refractivity contribution in [2.75, 3.05) is 18.0 Å². The van der Waals surface area contributed by atoms with Crippen LogP contribution >= 0.6 is 0 Å². The van der Waals surface area contributed by atoms with E-state index in [-0.39, 0.29) is 36.0 Å². The molecule has 5 rings (SSSR count). The van der Waals surface area contributed by atoms with E-state index in [1.807, 2.05) is 4.90 Å². The van der Waals surface area contributed by atoms with E-state index in [9.17, 15) is 23.2 Å². The molecule has 232 valence electrons. The number of hydrogen-bond acceptors (Lipinski definition) is 7. The summed E-state index contributed by atoms with van der Waals surface area (Å²) in [4.78, 5) is 50.9. The van der Waals surface area contributed by atoms with Crippen LogP contribution in [0.1, 0.15) is 58.3 Å². The second kappa shape index (κ2) is 12.1. The lowest BCUT2D eigenvalue weighted by Crippen LogP contribution is -2.49. The van der Waals surface area contributed by atoms with Gasteiger partial charge in [-0.25, -0.2) is 23.4 Å². The lowest BCUT2D eigenvalue weighted by atomic mass is 10.1. The van der Waals surface area contributed by atoms with Gasteiger partial charge in [0.15, 0.2) is 11.2 Å². The van der Waals surface area contributed by atoms with Crippen LogP contribution in [0.3, 0.4) is 0 Å². The van der Waals surface area contributed by atoms with Crippen molar-refractivity contribution >= 4 is 34.0 Å². The molecular formula is C31H35F2N7O4. The zero-order valence-corrected chi connectivity index (χ0v) is 25.4. The highest BCUT2D eigenvalue weighted by Crippen LogP contribution is 2.26. The molecule has 1 fully saturated rings. The van der Waals surface area contributed by atoms with E-state index in [1.54, 1.807) is 56.5 Å². The number of pyridine rings is 1. The third kappa shape index (κ3) is 6.15. The molecule has 4 heterocycles. The van der Waals surface area contributed by atoms with Gasteiger partial charge < -0.3 is 15.0 Å². The Labute approximate surface area is 252 Å². The molecule has 1 N–H and O–H groups in total. The SMILES string of the molecule is CC#CCn1c(N2CCC[C@@H](NC(=O)OC(C)(C)C)C2)nc2c1c(=O)n(Cc1nc(C(F)F)cc3ccccc13)c(=O)n2C. The van der Waals surface area contributed by atoms with Crippen molar-refractivity contribution in [3.63, 3.8) is 0 Å². The van der Waals surface area contributed by atoms with E-state index in [4.69, 9.17) is 9.72 Å². The summed E-state index contributed by atoms with van der Waals surface area (Å²) < 4.78 is 36.8. The molecule has 1 atom stereocenters. The molecule has 0 unspecified atom stereocenters. The number of fused-ring (bicyclic) bond motifs is 2. The Morgan fingerprint density at radius 2 is 1.93 bits per heavy atom. The van der Waals surface area contributed by atoms with Gasteiger partial charge in [0.1, 0.15) is 11.3 Å². The molecule has 0 spiro atoms. The Kier molecular flexibility index (Phi) is 8.45. The van der Waals surface area contributed by atoms with Crippen LogP contribution < -0.4 is 21.5 Å². The number of nitrogens with zero attached hydrogens (tertiary/aromatic N) is 6. The third-order valence-corrected chi connectivity index (χ3v) is 7.42. The molecule has 0 bridgehead atoms. The number of carbonyl (C=O) groups is 1. The number of carbonyl (C=O) groups excluding carboxylic acids is 1. The number of nitrogens with one attached hydrogen (secondary N) is 1. The highest BCUT2D eigenvalue weighted by atomic mass is 19.3. The number of alkyl halides is 2. The van der Waals surface area contributed by atoms with Gasteiger partial charge in [-0.3, -0.25) is 18.5 Å². The number of hydrogen-bond donors (Lipinski definition) is 1. The second-order valence-electron chi connectivity index (χ2n) is 11.8. The maximum absolute atomic E-state index is 14.1. The minimum atomic E-state index is -2.82. The van der Waals surface area contributed by atoms with Crippen molar-refractivity contribution in [2.24, 2.45) is 7.05 Å². The molecule has 44 heavy (non-hydrogen) atoms. The predicted molar refractivity (Wildman–Crippen MR) is 163 cm³/mol. The standard InChI is InChI=1S/C31H35F2N7O4/c1-6-7-15-39-24-26(36-28(39)38-14-10-12-20(17-38)34-29(42)44-31(2,3)4)37(5)30(43)40(27(24)41)18-23-21-13-9-8-11-19(21)16-22(35-23)25(32)33/h8-9,11,13,16,20,25H,10,12,14-15,17-18H2,1-5H3,(H,34,42)/t20-/m1/s1. The van der Waals surface area contributed by atoms with E-state index in [0.29, 0.717) is 29.8 Å². The van der Waals surface area contributed by atoms with Gasteiger partial charge in [-0.15, -0.1) is 5.92 Å². The summed E-state index contributed by atoms with van der Waals surface area (Å²) in [6, 6.07) is 7.95. The number of piperidine rings is 1. The van der Waals surface area contributed by atoms with Gasteiger partial charge in [0.2, 0.25) is 5.95 Å². The molecule has 3 aromatic heterocycles. The van der Waals surface area contributed by atoms with Crippen molar-refractivity contribution < 1.29 is 18.3 Å². The number of rotatable bonds is 6. The first kappa shape index (κ1) is 30.7. The molecule has 1 amide bonds. The first-order valence-electron chi connectivity index (χ1n) is 14.4. The lowest BCUT2D eigenvalue weighted by molar-refractivity contribution is 0.0499. The van der Waals surface area contributed by atoms with Crippen LogP contribution in [0.4, 0.5) is 19.5 Å². The monoisotopic (exact) mass is 607 g/mol. The normalized spacial score (nSPS) is 15.5. The summed E-state index contributed by atoms with van der Waals surface area (Å²) in [6.07, 6.45) is -1.87. The van der Waals surface area contributed by atoms with Crippen molar-refractivity contribution in [3.05, 3.63) is 62.6 Å². The average molecular weight is 608 g/mol. The van der Waals surface area contributed by atoms with Crippen LogP contribution in [0.5, 0.6) is 0 Å². The molecule has 0 radical (unpaired) electrons. The zero-order valence-electron chi connectivity index (χ0n) is 25.4. The van der Waals surface area contributed by atoms with Gasteiger partial charge in [0, 0.05) is 31.6 Å². The number of halogens is 2. The van der Waals surface area contributed by atoms with Crippen LogP contribution in [0.2, 0.25) is 0 Å². The molecule has 1 aromatic carbocycles. The average Bonchev–Trinajstić information content (AvgIpc) is 3.35. The number of imidazole rings is 1. The molecule has 1 saturated heterocycles. The number of aryl methyl sites for hydroxylation is 1. The Morgan fingerprint density at radius 3 is 2.64 bits per heavy atom. The minimum absolute atomic E-state index is 0.123. The third-order valence-electron chi connectivity index (χ3n) is 7.42. The Balaban J connectivity index is 1.59. The van der Waals surface area contributed by atoms with Gasteiger partial charge in [-0.1, -0.05) is 30.2 Å². The number of ether oxygens (including phenoxy) is 1. The number of benzene rings is 1. The van der Waals surface area contributed by atoms with E-state index >= 15 is 0 Å². The van der Waals surface area contributed by atoms with Crippen LogP contribution in [0, 0.1) is 11.8 Å². The summed E-state index contributed by atoms with van der Waals surface area (Å²) in [5.74, 6) is 6.27. The van der Waals surface area contributed by atoms with Crippen LogP contribution in [0.25, 0.3) is 21.9 Å². The topological polar surface area (TPSA) is 116 Å². The van der Waals surface area contributed by atoms with Crippen molar-refractivity contribution in [3.8, 4) is 11.8 Å². The quantitative estimate of drug-likeness (QED) is 0.330. The van der Waals surface area contributed by atoms with Gasteiger partial charge in [0.25, 0.3) is 12.0 Å². The highest BCUT2D eigenvalue weighted by Gasteiger charge is 2.29. The highest BCUT2D eigenvalue weighted by molar-refractivity contribution is 5.85. The van der Waals surface area contributed by atoms with E-state index < -0.39 is 35.1 Å². The van der Waals surface area contributed by atoms with Crippen molar-refractivity contribution in [1.82, 2.24) is 29.0 Å². The summed E-state index contributed by atoms with van der Waals surface area (Å²) in [5.41, 5.74) is -1.85. The molecule has 0 saturated carbocycles. The molecule has 13 heteroatoms. The molecule has 4 aromatic rings. The molecule has 11 nitrogen and oxygen atoms in total. The first-order chi connectivity index (χ1) is 20.9. The predicted octanol–water partition coefficient (Wildman–Crippen LogP) is 3.95. The van der Waals surface area contributed by atoms with Gasteiger partial charge in [-0.05, 0) is 52.0 Å². The van der Waals surface area contributed by atoms with E-state index in [2.05, 4.69) is 22.1 Å². The van der Waals surface area contributed by atoms with Gasteiger partial charge in [0.05, 0.1) is 18.8 Å². The van der Waals surface area contributed by atoms with Gasteiger partial charge in [-0.2, -0.15) is 4.98 Å². The molecule has 1 aliphatic heterocycles. The fraction of sp³-hybridized carbons (Fsp3) is 0.452. The van der Waals surface area contributed by atoms with E-state index in [1.165, 1.54) is 17.7 Å². The number of alkyl carbamates (subject to hydrolysis) is 1. The molecule has 1 aliphatic rings. The molecule has 0 aliphatic carbocycles. The maximum Gasteiger partial charge on any atom is 0.407 e. The van der Waals surface area contributed by atoms with Gasteiger partial charge >= 0.3 is 11.8 Å². The number of anilines is 1. The fourth-order valence-electron chi connectivity index (χ4n) is 5.48. The Bertz CT molecular complexity index is 1910. The summed E-state index contributed by atoms with van der Waals surface area (Å²) >= 11 is 0. The Hall–Kier alpha value is -4.73. The van der Waals surface area contributed by atoms with Crippen LogP contribution in [0.15, 0.2) is 39.9 Å². The lowest BCUT2D eigenvalue weighted by Gasteiger charge is -2.34. The number of amides is 1. The second-order valence-corrected chi connectivity index (χ2v) is 11.8. The molecular weight excluding hydrogens is 572 g/mol. The van der Waals surface area contributed by atoms with E-state index in [0.717, 1.165) is 17.4 Å². The zero-order chi connectivity index (χ0) is 31.8. The largest absolute Gasteiger partial charge is 0.444 e. The van der Waals surface area contributed by atoms with Crippen LogP contribution in [-0.4, -0.2) is 54.5 Å². The summed E-state index contributed by atoms with van der Waals surface area (Å²) in [6.45, 7) is 7.88. The Morgan fingerprint density at radius 1 is 1.18 bits per heavy atom. The van der Waals surface area contributed by atoms with Crippen molar-refractivity contribution in [1.29, 1.82) is 0 Å². The maximum atomic E-state index is 14.1. The number of aromatic nitrogens is 5. The summed E-state index contributed by atoms with van der Waals surface area (Å²) in [5, 5.41) is 4.01. The first-order valence-corrected chi connectivity index (χ1v) is 14.4. The fourth-order valence-corrected chi connectivity index (χ4v) is 5.48. The summed E-state index contributed by atoms with van der Waals surface area (Å²) in [7, 11) is 1.51. The van der Waals surface area contributed by atoms with Crippen molar-refractivity contribution in [2.45, 2.75) is 71.7 Å². The minimum Gasteiger partial charge on any atom is -0.444 e. The van der Waals surface area contributed by atoms with Crippen LogP contribution in [-0.2, 0) is 24.9 Å².